The van der Waals surface area contributed by atoms with Crippen molar-refractivity contribution in [3.8, 4) is 12.3 Å². The maximum Gasteiger partial charge on any atom is 0.326 e. The predicted molar refractivity (Wildman–Crippen MR) is 63.5 cm³/mol. The van der Waals surface area contributed by atoms with Crippen LogP contribution in [-0.2, 0) is 4.79 Å². The zero-order valence-electron chi connectivity index (χ0n) is 10.1. The van der Waals surface area contributed by atoms with Crippen molar-refractivity contribution in [1.82, 2.24) is 9.80 Å². The number of hydrogen-bond acceptors (Lipinski definition) is 2. The van der Waals surface area contributed by atoms with Gasteiger partial charge in [0.15, 0.2) is 0 Å². The molecule has 0 aromatic heterocycles. The summed E-state index contributed by atoms with van der Waals surface area (Å²) in [6, 6.07) is -1.01. The van der Waals surface area contributed by atoms with E-state index >= 15 is 0 Å². The molecule has 1 aliphatic heterocycles. The first kappa shape index (κ1) is 13.4. The number of carboxylic acid groups (broad SMARTS) is 1. The molecule has 2 amide bonds. The number of amides is 2. The summed E-state index contributed by atoms with van der Waals surface area (Å²) in [6.45, 7) is 0.687. The Morgan fingerprint density at radius 3 is 2.76 bits per heavy atom. The maximum atomic E-state index is 12.0. The summed E-state index contributed by atoms with van der Waals surface area (Å²) in [5.74, 6) is 1.44. The van der Waals surface area contributed by atoms with Crippen molar-refractivity contribution < 1.29 is 14.7 Å². The molecule has 0 aromatic carbocycles. The summed E-state index contributed by atoms with van der Waals surface area (Å²) in [5, 5.41) is 9.14. The highest BCUT2D eigenvalue weighted by Crippen LogP contribution is 2.18. The standard InChI is InChI=1S/C12H18N2O3/c1-3-8-13(2)12(17)14-9-6-4-5-7-10(14)11(15)16/h1,10H,4-9H2,2H3,(H,15,16). The summed E-state index contributed by atoms with van der Waals surface area (Å²) in [4.78, 5) is 26.0. The van der Waals surface area contributed by atoms with E-state index in [1.54, 1.807) is 7.05 Å². The van der Waals surface area contributed by atoms with Crippen molar-refractivity contribution in [3.63, 3.8) is 0 Å². The van der Waals surface area contributed by atoms with Crippen LogP contribution in [0.5, 0.6) is 0 Å². The molecule has 1 atom stereocenters. The van der Waals surface area contributed by atoms with Crippen LogP contribution in [0.4, 0.5) is 4.79 Å². The normalized spacial score (nSPS) is 20.2. The van der Waals surface area contributed by atoms with Gasteiger partial charge < -0.3 is 14.9 Å². The molecule has 0 aliphatic carbocycles. The second-order valence-electron chi connectivity index (χ2n) is 4.24. The van der Waals surface area contributed by atoms with Gasteiger partial charge in [0.05, 0.1) is 6.54 Å². The van der Waals surface area contributed by atoms with E-state index in [0.717, 1.165) is 19.3 Å². The first-order chi connectivity index (χ1) is 8.07. The summed E-state index contributed by atoms with van der Waals surface area (Å²) in [6.07, 6.45) is 8.32. The van der Waals surface area contributed by atoms with E-state index in [-0.39, 0.29) is 12.6 Å². The Kier molecular flexibility index (Phi) is 4.83. The second-order valence-corrected chi connectivity index (χ2v) is 4.24. The van der Waals surface area contributed by atoms with Crippen LogP contribution in [0.15, 0.2) is 0 Å². The Morgan fingerprint density at radius 2 is 2.18 bits per heavy atom. The van der Waals surface area contributed by atoms with Crippen molar-refractivity contribution in [2.45, 2.75) is 31.7 Å². The maximum absolute atomic E-state index is 12.0. The quantitative estimate of drug-likeness (QED) is 0.730. The highest BCUT2D eigenvalue weighted by molar-refractivity contribution is 5.82. The smallest absolute Gasteiger partial charge is 0.326 e. The number of carbonyl (C=O) groups excluding carboxylic acids is 1. The Labute approximate surface area is 101 Å². The molecule has 1 saturated heterocycles. The Balaban J connectivity index is 2.79. The molecule has 0 radical (unpaired) electrons. The number of nitrogens with zero attached hydrogens (tertiary/aromatic N) is 2. The number of hydrogen-bond donors (Lipinski definition) is 1. The Morgan fingerprint density at radius 1 is 1.47 bits per heavy atom. The average molecular weight is 238 g/mol. The van der Waals surface area contributed by atoms with Gasteiger partial charge in [-0.2, -0.15) is 0 Å². The highest BCUT2D eigenvalue weighted by Gasteiger charge is 2.31. The SMILES string of the molecule is C#CCN(C)C(=O)N1CCCCCC1C(=O)O. The monoisotopic (exact) mass is 238 g/mol. The van der Waals surface area contributed by atoms with Crippen molar-refractivity contribution in [1.29, 1.82) is 0 Å². The molecular formula is C12H18N2O3. The molecule has 1 unspecified atom stereocenters. The minimum Gasteiger partial charge on any atom is -0.480 e. The van der Waals surface area contributed by atoms with E-state index in [4.69, 9.17) is 11.5 Å². The van der Waals surface area contributed by atoms with Crippen LogP contribution < -0.4 is 0 Å². The van der Waals surface area contributed by atoms with Gasteiger partial charge in [-0.1, -0.05) is 18.8 Å². The summed E-state index contributed by atoms with van der Waals surface area (Å²) in [7, 11) is 1.59. The fourth-order valence-electron chi connectivity index (χ4n) is 2.02. The molecule has 0 aromatic rings. The largest absolute Gasteiger partial charge is 0.480 e. The zero-order valence-corrected chi connectivity index (χ0v) is 10.1. The molecule has 0 saturated carbocycles. The molecule has 94 valence electrons. The van der Waals surface area contributed by atoms with E-state index in [2.05, 4.69) is 5.92 Å². The van der Waals surface area contributed by atoms with Crippen molar-refractivity contribution in [3.05, 3.63) is 0 Å². The molecule has 1 heterocycles. The zero-order chi connectivity index (χ0) is 12.8. The molecule has 5 heteroatoms. The van der Waals surface area contributed by atoms with Crippen molar-refractivity contribution >= 4 is 12.0 Å². The molecule has 1 fully saturated rings. The highest BCUT2D eigenvalue weighted by atomic mass is 16.4. The predicted octanol–water partition coefficient (Wildman–Crippen LogP) is 1.00. The molecule has 1 N–H and O–H groups in total. The lowest BCUT2D eigenvalue weighted by atomic mass is 10.1. The van der Waals surface area contributed by atoms with Gasteiger partial charge in [-0.05, 0) is 12.8 Å². The minimum absolute atomic E-state index is 0.196. The molecule has 1 aliphatic rings. The topological polar surface area (TPSA) is 60.9 Å². The summed E-state index contributed by atoms with van der Waals surface area (Å²) < 4.78 is 0. The lowest BCUT2D eigenvalue weighted by Crippen LogP contribution is -2.49. The van der Waals surface area contributed by atoms with Crippen LogP contribution in [-0.4, -0.2) is 53.1 Å². The molecule has 0 spiro atoms. The van der Waals surface area contributed by atoms with Gasteiger partial charge >= 0.3 is 12.0 Å². The van der Waals surface area contributed by atoms with E-state index in [0.29, 0.717) is 13.0 Å². The van der Waals surface area contributed by atoms with E-state index in [1.807, 2.05) is 0 Å². The average Bonchev–Trinajstić information content (AvgIpc) is 2.53. The van der Waals surface area contributed by atoms with Gasteiger partial charge in [-0.25, -0.2) is 9.59 Å². The molecule has 0 bridgehead atoms. The molecule has 17 heavy (non-hydrogen) atoms. The molecule has 5 nitrogen and oxygen atoms in total. The van der Waals surface area contributed by atoms with Gasteiger partial charge in [-0.3, -0.25) is 0 Å². The Bertz CT molecular complexity index is 335. The van der Waals surface area contributed by atoms with E-state index < -0.39 is 12.0 Å². The number of likely N-dealkylation sites (tertiary alicyclic amines) is 1. The van der Waals surface area contributed by atoms with Crippen molar-refractivity contribution in [2.24, 2.45) is 0 Å². The summed E-state index contributed by atoms with van der Waals surface area (Å²) >= 11 is 0. The second kappa shape index (κ2) is 6.14. The van der Waals surface area contributed by atoms with Crippen LogP contribution in [0.3, 0.4) is 0 Å². The third-order valence-corrected chi connectivity index (χ3v) is 2.94. The Hall–Kier alpha value is -1.70. The van der Waals surface area contributed by atoms with Gasteiger partial charge in [0, 0.05) is 13.6 Å². The number of carboxylic acids is 1. The lowest BCUT2D eigenvalue weighted by molar-refractivity contribution is -0.142. The number of urea groups is 1. The number of rotatable bonds is 2. The van der Waals surface area contributed by atoms with Crippen LogP contribution in [0.25, 0.3) is 0 Å². The van der Waals surface area contributed by atoms with E-state index in [1.165, 1.54) is 9.80 Å². The van der Waals surface area contributed by atoms with E-state index in [9.17, 15) is 9.59 Å². The van der Waals surface area contributed by atoms with Crippen molar-refractivity contribution in [2.75, 3.05) is 20.1 Å². The van der Waals surface area contributed by atoms with Crippen LogP contribution >= 0.6 is 0 Å². The fourth-order valence-corrected chi connectivity index (χ4v) is 2.02. The van der Waals surface area contributed by atoms with Gasteiger partial charge in [0.2, 0.25) is 0 Å². The van der Waals surface area contributed by atoms with Gasteiger partial charge in [-0.15, -0.1) is 6.42 Å². The van der Waals surface area contributed by atoms with Crippen LogP contribution in [0, 0.1) is 12.3 Å². The van der Waals surface area contributed by atoms with Gasteiger partial charge in [0.25, 0.3) is 0 Å². The third kappa shape index (κ3) is 3.38. The minimum atomic E-state index is -0.936. The van der Waals surface area contributed by atoms with Crippen LogP contribution in [0.2, 0.25) is 0 Å². The third-order valence-electron chi connectivity index (χ3n) is 2.94. The fraction of sp³-hybridized carbons (Fsp3) is 0.667. The summed E-state index contributed by atoms with van der Waals surface area (Å²) in [5.41, 5.74) is 0. The number of aliphatic carboxylic acids is 1. The molecule has 1 rings (SSSR count). The number of carbonyl (C=O) groups is 2. The first-order valence-corrected chi connectivity index (χ1v) is 5.76. The lowest BCUT2D eigenvalue weighted by Gasteiger charge is -2.30. The molecular weight excluding hydrogens is 220 g/mol. The van der Waals surface area contributed by atoms with Gasteiger partial charge in [0.1, 0.15) is 6.04 Å². The van der Waals surface area contributed by atoms with Crippen LogP contribution in [0.1, 0.15) is 25.7 Å². The first-order valence-electron chi connectivity index (χ1n) is 5.76. The number of terminal acetylenes is 1.